The molecule has 2 heterocycles. The fraction of sp³-hybridized carbons (Fsp3) is 0.500. The molecule has 2 saturated heterocycles. The Kier molecular flexibility index (Phi) is 6.86. The lowest BCUT2D eigenvalue weighted by Crippen LogP contribution is -2.51. The second-order valence-electron chi connectivity index (χ2n) is 10.6. The first-order valence-electron chi connectivity index (χ1n) is 12.9. The molecule has 1 amide bonds. The number of nitrogens with zero attached hydrogens (tertiary/aromatic N) is 2. The average Bonchev–Trinajstić information content (AvgIpc) is 3.67. The Labute approximate surface area is 217 Å². The smallest absolute Gasteiger partial charge is 0.232 e. The highest BCUT2D eigenvalue weighted by molar-refractivity contribution is 7.89. The quantitative estimate of drug-likeness (QED) is 0.612. The zero-order valence-electron chi connectivity index (χ0n) is 21.0. The summed E-state index contributed by atoms with van der Waals surface area (Å²) < 4.78 is 49.6. The van der Waals surface area contributed by atoms with Gasteiger partial charge >= 0.3 is 0 Å². The van der Waals surface area contributed by atoms with E-state index in [4.69, 9.17) is 4.74 Å². The molecule has 0 radical (unpaired) electrons. The molecule has 0 unspecified atom stereocenters. The first kappa shape index (κ1) is 25.8. The van der Waals surface area contributed by atoms with E-state index < -0.39 is 32.0 Å². The average molecular weight is 526 g/mol. The topological polar surface area (TPSA) is 99.5 Å². The molecular weight excluding hydrogens is 493 g/mol. The number of hydrogen-bond donors (Lipinski definition) is 1. The maximum absolute atomic E-state index is 15.6. The molecule has 0 spiro atoms. The number of rotatable bonds is 6. The molecule has 3 aliphatic rings. The van der Waals surface area contributed by atoms with Gasteiger partial charge in [0.05, 0.1) is 11.5 Å². The van der Waals surface area contributed by atoms with Crippen LogP contribution in [0.15, 0.2) is 48.5 Å². The van der Waals surface area contributed by atoms with Crippen molar-refractivity contribution < 1.29 is 22.3 Å². The standard InChI is InChI=1S/C28H32FN3O4S/c1-20-7-10-25(21-5-3-2-4-6-21)37(34,35)32(20)18-22-8-9-23(17-24(22)29)28(13-15-36-16-14-28)26(33)31-27(19-30)11-12-27/h2-6,8-9,17,20,25H,7,10-16,18H2,1H3,(H,31,33)/t20-,25+/m1/s1. The van der Waals surface area contributed by atoms with E-state index in [0.717, 1.165) is 5.56 Å². The predicted molar refractivity (Wildman–Crippen MR) is 136 cm³/mol. The number of sulfonamides is 1. The molecule has 9 heteroatoms. The molecule has 7 nitrogen and oxygen atoms in total. The molecule has 1 saturated carbocycles. The number of ether oxygens (including phenoxy) is 1. The molecule has 0 aromatic heterocycles. The highest BCUT2D eigenvalue weighted by atomic mass is 32.2. The summed E-state index contributed by atoms with van der Waals surface area (Å²) in [7, 11) is -3.70. The van der Waals surface area contributed by atoms with Gasteiger partial charge in [-0.05, 0) is 62.6 Å². The largest absolute Gasteiger partial charge is 0.381 e. The lowest BCUT2D eigenvalue weighted by atomic mass is 9.73. The Balaban J connectivity index is 1.42. The van der Waals surface area contributed by atoms with Crippen LogP contribution in [0.5, 0.6) is 0 Å². The third kappa shape index (κ3) is 4.78. The molecule has 196 valence electrons. The van der Waals surface area contributed by atoms with Gasteiger partial charge in [0.2, 0.25) is 15.9 Å². The van der Waals surface area contributed by atoms with Crippen LogP contribution >= 0.6 is 0 Å². The van der Waals surface area contributed by atoms with Crippen LogP contribution in [-0.4, -0.2) is 43.4 Å². The number of nitriles is 1. The minimum absolute atomic E-state index is 0.0706. The van der Waals surface area contributed by atoms with Crippen molar-refractivity contribution in [2.75, 3.05) is 13.2 Å². The fourth-order valence-electron chi connectivity index (χ4n) is 5.59. The number of carbonyl (C=O) groups excluding carboxylic acids is 1. The molecule has 0 bridgehead atoms. The van der Waals surface area contributed by atoms with Crippen LogP contribution in [0.25, 0.3) is 0 Å². The van der Waals surface area contributed by atoms with Crippen molar-refractivity contribution >= 4 is 15.9 Å². The van der Waals surface area contributed by atoms with E-state index in [-0.39, 0.29) is 24.1 Å². The molecule has 1 aliphatic carbocycles. The van der Waals surface area contributed by atoms with Crippen LogP contribution in [0.1, 0.15) is 67.4 Å². The van der Waals surface area contributed by atoms with Gasteiger partial charge in [0.15, 0.2) is 0 Å². The van der Waals surface area contributed by atoms with Gasteiger partial charge in [-0.2, -0.15) is 9.57 Å². The van der Waals surface area contributed by atoms with Crippen molar-refractivity contribution in [3.63, 3.8) is 0 Å². The Morgan fingerprint density at radius 3 is 2.46 bits per heavy atom. The molecular formula is C28H32FN3O4S. The zero-order chi connectivity index (χ0) is 26.3. The molecule has 2 aromatic rings. The Bertz CT molecular complexity index is 1310. The van der Waals surface area contributed by atoms with Crippen LogP contribution in [-0.2, 0) is 31.5 Å². The van der Waals surface area contributed by atoms with Gasteiger partial charge < -0.3 is 10.1 Å². The molecule has 5 rings (SSSR count). The minimum atomic E-state index is -3.70. The van der Waals surface area contributed by atoms with Gasteiger partial charge in [0.1, 0.15) is 16.6 Å². The van der Waals surface area contributed by atoms with E-state index in [0.29, 0.717) is 57.3 Å². The highest BCUT2D eigenvalue weighted by Gasteiger charge is 2.50. The second-order valence-corrected chi connectivity index (χ2v) is 12.6. The van der Waals surface area contributed by atoms with Crippen LogP contribution < -0.4 is 5.32 Å². The first-order chi connectivity index (χ1) is 17.7. The lowest BCUT2D eigenvalue weighted by Gasteiger charge is -2.38. The van der Waals surface area contributed by atoms with Crippen LogP contribution in [0.4, 0.5) is 4.39 Å². The van der Waals surface area contributed by atoms with E-state index in [1.54, 1.807) is 12.1 Å². The van der Waals surface area contributed by atoms with Crippen molar-refractivity contribution in [1.82, 2.24) is 9.62 Å². The second kappa shape index (κ2) is 9.82. The molecule has 2 atom stereocenters. The third-order valence-electron chi connectivity index (χ3n) is 8.23. The molecule has 2 aliphatic heterocycles. The van der Waals surface area contributed by atoms with E-state index in [1.165, 1.54) is 10.4 Å². The maximum atomic E-state index is 15.6. The number of nitrogens with one attached hydrogen (secondary N) is 1. The van der Waals surface area contributed by atoms with E-state index in [1.807, 2.05) is 37.3 Å². The lowest BCUT2D eigenvalue weighted by molar-refractivity contribution is -0.131. The summed E-state index contributed by atoms with van der Waals surface area (Å²) >= 11 is 0. The summed E-state index contributed by atoms with van der Waals surface area (Å²) in [6, 6.07) is 15.8. The van der Waals surface area contributed by atoms with Gasteiger partial charge in [-0.15, -0.1) is 0 Å². The Morgan fingerprint density at radius 1 is 1.14 bits per heavy atom. The van der Waals surface area contributed by atoms with Gasteiger partial charge in [0, 0.05) is 31.4 Å². The monoisotopic (exact) mass is 525 g/mol. The highest BCUT2D eigenvalue weighted by Crippen LogP contribution is 2.41. The summed E-state index contributed by atoms with van der Waals surface area (Å²) in [5.41, 5.74) is -0.276. The van der Waals surface area contributed by atoms with E-state index >= 15 is 4.39 Å². The number of carbonyl (C=O) groups is 1. The first-order valence-corrected chi connectivity index (χ1v) is 14.4. The fourth-order valence-corrected chi connectivity index (χ4v) is 7.77. The Hall–Kier alpha value is -2.80. The summed E-state index contributed by atoms with van der Waals surface area (Å²) in [6.45, 7) is 2.51. The van der Waals surface area contributed by atoms with E-state index in [2.05, 4.69) is 11.4 Å². The summed E-state index contributed by atoms with van der Waals surface area (Å²) in [5, 5.41) is 11.7. The van der Waals surface area contributed by atoms with Gasteiger partial charge in [0.25, 0.3) is 0 Å². The Morgan fingerprint density at radius 2 is 1.84 bits per heavy atom. The van der Waals surface area contributed by atoms with Crippen molar-refractivity contribution in [1.29, 1.82) is 5.26 Å². The van der Waals surface area contributed by atoms with Gasteiger partial charge in [-0.3, -0.25) is 4.79 Å². The predicted octanol–water partition coefficient (Wildman–Crippen LogP) is 4.10. The van der Waals surface area contributed by atoms with Gasteiger partial charge in [-0.1, -0.05) is 42.5 Å². The number of amides is 1. The third-order valence-corrected chi connectivity index (χ3v) is 10.6. The van der Waals surface area contributed by atoms with Crippen LogP contribution in [0, 0.1) is 17.1 Å². The number of hydrogen-bond acceptors (Lipinski definition) is 5. The zero-order valence-corrected chi connectivity index (χ0v) is 21.8. The van der Waals surface area contributed by atoms with Crippen LogP contribution in [0.3, 0.4) is 0 Å². The maximum Gasteiger partial charge on any atom is 0.232 e. The summed E-state index contributed by atoms with van der Waals surface area (Å²) in [5.74, 6) is -0.818. The molecule has 3 fully saturated rings. The van der Waals surface area contributed by atoms with Crippen molar-refractivity contribution in [3.8, 4) is 6.07 Å². The van der Waals surface area contributed by atoms with E-state index in [9.17, 15) is 18.5 Å². The summed E-state index contributed by atoms with van der Waals surface area (Å²) in [4.78, 5) is 13.4. The number of benzene rings is 2. The van der Waals surface area contributed by atoms with Crippen LogP contribution in [0.2, 0.25) is 0 Å². The number of halogens is 1. The van der Waals surface area contributed by atoms with Crippen molar-refractivity contribution in [2.24, 2.45) is 0 Å². The van der Waals surface area contributed by atoms with Crippen molar-refractivity contribution in [2.45, 2.75) is 74.2 Å². The minimum Gasteiger partial charge on any atom is -0.381 e. The molecule has 37 heavy (non-hydrogen) atoms. The summed E-state index contributed by atoms with van der Waals surface area (Å²) in [6.07, 6.45) is 3.20. The SMILES string of the molecule is C[C@@H]1CC[C@@H](c2ccccc2)S(=O)(=O)N1Cc1ccc(C2(C(=O)NC3(C#N)CC3)CCOCC2)cc1F. The molecule has 2 aromatic carbocycles. The van der Waals surface area contributed by atoms with Crippen molar-refractivity contribution in [3.05, 3.63) is 71.0 Å². The van der Waals surface area contributed by atoms with Gasteiger partial charge in [-0.25, -0.2) is 12.8 Å². The molecule has 1 N–H and O–H groups in total. The normalized spacial score (nSPS) is 26.1.